The molecule has 1 aliphatic carbocycles. The molecular weight excluding hydrogens is 380 g/mol. The van der Waals surface area contributed by atoms with Crippen molar-refractivity contribution in [2.24, 2.45) is 4.99 Å². The number of carbonyl (C=O) groups is 1. The molecule has 0 atom stereocenters. The lowest BCUT2D eigenvalue weighted by molar-refractivity contribution is -0.115. The second-order valence-corrected chi connectivity index (χ2v) is 7.55. The van der Waals surface area contributed by atoms with Gasteiger partial charge in [-0.05, 0) is 48.4 Å². The van der Waals surface area contributed by atoms with Gasteiger partial charge in [-0.1, -0.05) is 28.8 Å². The van der Waals surface area contributed by atoms with Crippen molar-refractivity contribution in [1.82, 2.24) is 5.32 Å². The molecule has 1 N–H and O–H groups in total. The van der Waals surface area contributed by atoms with Crippen LogP contribution in [-0.2, 0) is 4.79 Å². The van der Waals surface area contributed by atoms with Gasteiger partial charge in [0, 0.05) is 4.47 Å². The van der Waals surface area contributed by atoms with Crippen LogP contribution < -0.4 is 14.8 Å². The molecule has 2 fully saturated rings. The Kier molecular flexibility index (Phi) is 4.07. The van der Waals surface area contributed by atoms with Crippen molar-refractivity contribution in [2.75, 3.05) is 6.79 Å². The first-order valence-electron chi connectivity index (χ1n) is 7.57. The molecule has 0 bridgehead atoms. The Bertz CT molecular complexity index is 726. The highest BCUT2D eigenvalue weighted by Crippen LogP contribution is 2.39. The quantitative estimate of drug-likeness (QED) is 0.777. The number of thioether (sulfide) groups is 1. The minimum absolute atomic E-state index is 0.101. The minimum Gasteiger partial charge on any atom is -0.454 e. The summed E-state index contributed by atoms with van der Waals surface area (Å²) < 4.78 is 11.6. The van der Waals surface area contributed by atoms with Crippen LogP contribution in [0.1, 0.15) is 31.2 Å². The molecule has 0 aromatic heterocycles. The summed E-state index contributed by atoms with van der Waals surface area (Å²) in [6.45, 7) is 0.231. The molecule has 2 aliphatic heterocycles. The summed E-state index contributed by atoms with van der Waals surface area (Å²) in [6, 6.07) is 4.09. The van der Waals surface area contributed by atoms with Gasteiger partial charge in [-0.2, -0.15) is 0 Å². The number of aliphatic imine (C=N–C) groups is 1. The average Bonchev–Trinajstić information content (AvgIpc) is 3.23. The molecule has 0 radical (unpaired) electrons. The van der Waals surface area contributed by atoms with E-state index in [1.165, 1.54) is 24.6 Å². The number of amides is 1. The van der Waals surface area contributed by atoms with E-state index < -0.39 is 0 Å². The number of rotatable bonds is 2. The number of amidine groups is 1. The van der Waals surface area contributed by atoms with Crippen LogP contribution in [0.4, 0.5) is 0 Å². The molecule has 7 heteroatoms. The Balaban J connectivity index is 1.58. The van der Waals surface area contributed by atoms with Gasteiger partial charge in [-0.3, -0.25) is 9.79 Å². The summed E-state index contributed by atoms with van der Waals surface area (Å²) in [5, 5.41) is 3.57. The fraction of sp³-hybridized carbons (Fsp3) is 0.375. The first-order valence-corrected chi connectivity index (χ1v) is 9.18. The van der Waals surface area contributed by atoms with Crippen LogP contribution in [0.3, 0.4) is 0 Å². The lowest BCUT2D eigenvalue weighted by atomic mass is 10.2. The molecule has 1 amide bonds. The van der Waals surface area contributed by atoms with Gasteiger partial charge in [0.1, 0.15) is 0 Å². The molecule has 5 nitrogen and oxygen atoms in total. The SMILES string of the molecule is O=C1NC(=NC2CCCC2)S/C1=C/c1cc2c(cc1Br)OCO2. The molecule has 120 valence electrons. The largest absolute Gasteiger partial charge is 0.454 e. The maximum Gasteiger partial charge on any atom is 0.264 e. The third-order valence-corrected chi connectivity index (χ3v) is 5.66. The van der Waals surface area contributed by atoms with Crippen molar-refractivity contribution < 1.29 is 14.3 Å². The highest BCUT2D eigenvalue weighted by Gasteiger charge is 2.26. The maximum atomic E-state index is 12.2. The highest BCUT2D eigenvalue weighted by atomic mass is 79.9. The predicted octanol–water partition coefficient (Wildman–Crippen LogP) is 3.68. The second-order valence-electron chi connectivity index (χ2n) is 5.66. The average molecular weight is 395 g/mol. The fourth-order valence-corrected chi connectivity index (χ4v) is 4.19. The van der Waals surface area contributed by atoms with Gasteiger partial charge in [-0.25, -0.2) is 0 Å². The summed E-state index contributed by atoms with van der Waals surface area (Å²) in [5.41, 5.74) is 0.883. The summed E-state index contributed by atoms with van der Waals surface area (Å²) in [7, 11) is 0. The van der Waals surface area contributed by atoms with Crippen molar-refractivity contribution in [3.05, 3.63) is 27.1 Å². The number of ether oxygens (including phenoxy) is 2. The van der Waals surface area contributed by atoms with Crippen LogP contribution in [0.25, 0.3) is 6.08 Å². The van der Waals surface area contributed by atoms with Crippen LogP contribution in [0.5, 0.6) is 11.5 Å². The number of nitrogens with one attached hydrogen (secondary N) is 1. The van der Waals surface area contributed by atoms with E-state index in [2.05, 4.69) is 26.2 Å². The summed E-state index contributed by atoms with van der Waals surface area (Å²) in [5.74, 6) is 1.31. The van der Waals surface area contributed by atoms with E-state index >= 15 is 0 Å². The zero-order chi connectivity index (χ0) is 15.8. The van der Waals surface area contributed by atoms with Crippen LogP contribution in [0, 0.1) is 0 Å². The maximum absolute atomic E-state index is 12.2. The number of fused-ring (bicyclic) bond motifs is 1. The Morgan fingerprint density at radius 1 is 1.26 bits per heavy atom. The molecule has 1 aromatic carbocycles. The predicted molar refractivity (Wildman–Crippen MR) is 93.7 cm³/mol. The molecular formula is C16H15BrN2O3S. The van der Waals surface area contributed by atoms with Gasteiger partial charge in [0.05, 0.1) is 10.9 Å². The Morgan fingerprint density at radius 3 is 2.78 bits per heavy atom. The molecule has 0 spiro atoms. The Labute approximate surface area is 146 Å². The zero-order valence-corrected chi connectivity index (χ0v) is 14.7. The van der Waals surface area contributed by atoms with Crippen molar-refractivity contribution in [3.8, 4) is 11.5 Å². The monoisotopic (exact) mass is 394 g/mol. The third kappa shape index (κ3) is 3.12. The summed E-state index contributed by atoms with van der Waals surface area (Å²) in [4.78, 5) is 17.4. The molecule has 1 saturated heterocycles. The van der Waals surface area contributed by atoms with Crippen molar-refractivity contribution in [1.29, 1.82) is 0 Å². The van der Waals surface area contributed by atoms with E-state index in [9.17, 15) is 4.79 Å². The number of benzene rings is 1. The second kappa shape index (κ2) is 6.20. The lowest BCUT2D eigenvalue weighted by Gasteiger charge is -2.03. The molecule has 1 aromatic rings. The zero-order valence-electron chi connectivity index (χ0n) is 12.3. The Hall–Kier alpha value is -1.47. The van der Waals surface area contributed by atoms with Crippen molar-refractivity contribution in [3.63, 3.8) is 0 Å². The fourth-order valence-electron chi connectivity index (χ4n) is 2.87. The van der Waals surface area contributed by atoms with Crippen molar-refractivity contribution in [2.45, 2.75) is 31.7 Å². The molecule has 0 unspecified atom stereocenters. The van der Waals surface area contributed by atoms with Crippen LogP contribution in [0.2, 0.25) is 0 Å². The first-order chi connectivity index (χ1) is 11.2. The topological polar surface area (TPSA) is 59.9 Å². The number of hydrogen-bond acceptors (Lipinski definition) is 5. The number of nitrogens with zero attached hydrogens (tertiary/aromatic N) is 1. The van der Waals surface area contributed by atoms with E-state index in [-0.39, 0.29) is 12.7 Å². The van der Waals surface area contributed by atoms with E-state index in [0.717, 1.165) is 22.9 Å². The van der Waals surface area contributed by atoms with E-state index in [0.29, 0.717) is 27.6 Å². The van der Waals surface area contributed by atoms with Gasteiger partial charge in [0.25, 0.3) is 5.91 Å². The number of hydrogen-bond donors (Lipinski definition) is 1. The third-order valence-electron chi connectivity index (χ3n) is 4.05. The van der Waals surface area contributed by atoms with Crippen LogP contribution in [0.15, 0.2) is 26.5 Å². The number of halogens is 1. The van der Waals surface area contributed by atoms with Crippen molar-refractivity contribution >= 4 is 44.8 Å². The molecule has 23 heavy (non-hydrogen) atoms. The van der Waals surface area contributed by atoms with E-state index in [1.807, 2.05) is 18.2 Å². The van der Waals surface area contributed by atoms with Gasteiger partial charge < -0.3 is 14.8 Å². The minimum atomic E-state index is -0.101. The van der Waals surface area contributed by atoms with Gasteiger partial charge >= 0.3 is 0 Å². The summed E-state index contributed by atoms with van der Waals surface area (Å²) in [6.07, 6.45) is 6.54. The smallest absolute Gasteiger partial charge is 0.264 e. The molecule has 1 saturated carbocycles. The number of carbonyl (C=O) groups excluding carboxylic acids is 1. The Morgan fingerprint density at radius 2 is 2.00 bits per heavy atom. The molecule has 4 rings (SSSR count). The van der Waals surface area contributed by atoms with Gasteiger partial charge in [-0.15, -0.1) is 0 Å². The molecule has 2 heterocycles. The van der Waals surface area contributed by atoms with Crippen LogP contribution >= 0.6 is 27.7 Å². The lowest BCUT2D eigenvalue weighted by Crippen LogP contribution is -2.21. The van der Waals surface area contributed by atoms with E-state index in [4.69, 9.17) is 9.47 Å². The standard InChI is InChI=1S/C16H15BrN2O3S/c17-11-7-13-12(21-8-22-13)5-9(11)6-14-15(20)19-16(23-14)18-10-3-1-2-4-10/h5-7,10H,1-4,8H2,(H,18,19,20)/b14-6+. The first kappa shape index (κ1) is 15.1. The normalized spacial score (nSPS) is 24.0. The van der Waals surface area contributed by atoms with Gasteiger partial charge in [0.15, 0.2) is 16.7 Å². The summed E-state index contributed by atoms with van der Waals surface area (Å²) >= 11 is 4.91. The molecule has 3 aliphatic rings. The van der Waals surface area contributed by atoms with E-state index in [1.54, 1.807) is 0 Å². The van der Waals surface area contributed by atoms with Gasteiger partial charge in [0.2, 0.25) is 6.79 Å². The van der Waals surface area contributed by atoms with Crippen LogP contribution in [-0.4, -0.2) is 23.9 Å². The highest BCUT2D eigenvalue weighted by molar-refractivity contribution is 9.10.